The summed E-state index contributed by atoms with van der Waals surface area (Å²) < 4.78 is 28.8. The van der Waals surface area contributed by atoms with Crippen molar-refractivity contribution in [3.8, 4) is 0 Å². The van der Waals surface area contributed by atoms with E-state index in [2.05, 4.69) is 16.9 Å². The highest BCUT2D eigenvalue weighted by Gasteiger charge is 2.34. The molecule has 0 unspecified atom stereocenters. The minimum absolute atomic E-state index is 0.0391. The van der Waals surface area contributed by atoms with Gasteiger partial charge in [0, 0.05) is 38.6 Å². The number of hydrogen-bond donors (Lipinski definition) is 1. The van der Waals surface area contributed by atoms with Crippen LogP contribution in [0.4, 0.5) is 0 Å². The van der Waals surface area contributed by atoms with Gasteiger partial charge in [-0.15, -0.1) is 0 Å². The van der Waals surface area contributed by atoms with Crippen molar-refractivity contribution in [1.29, 1.82) is 0 Å². The molecular weight excluding hydrogens is 326 g/mol. The van der Waals surface area contributed by atoms with Crippen LogP contribution in [0.3, 0.4) is 0 Å². The maximum atomic E-state index is 12.3. The second-order valence-corrected chi connectivity index (χ2v) is 8.26. The van der Waals surface area contributed by atoms with Crippen LogP contribution in [-0.2, 0) is 21.4 Å². The van der Waals surface area contributed by atoms with Gasteiger partial charge in [0.15, 0.2) is 0 Å². The van der Waals surface area contributed by atoms with Gasteiger partial charge in [0.05, 0.1) is 0 Å². The fourth-order valence-electron chi connectivity index (χ4n) is 3.40. The maximum Gasteiger partial charge on any atom is 0.279 e. The molecule has 24 heavy (non-hydrogen) atoms. The van der Waals surface area contributed by atoms with Crippen molar-refractivity contribution in [2.24, 2.45) is 0 Å². The highest BCUT2D eigenvalue weighted by molar-refractivity contribution is 7.87. The largest absolute Gasteiger partial charge is 0.341 e. The van der Waals surface area contributed by atoms with Crippen LogP contribution in [-0.4, -0.2) is 55.8 Å². The van der Waals surface area contributed by atoms with Crippen LogP contribution < -0.4 is 4.72 Å². The summed E-state index contributed by atoms with van der Waals surface area (Å²) in [5, 5.41) is 0. The minimum atomic E-state index is -3.45. The summed E-state index contributed by atoms with van der Waals surface area (Å²) >= 11 is 0. The van der Waals surface area contributed by atoms with E-state index < -0.39 is 10.2 Å². The van der Waals surface area contributed by atoms with Crippen LogP contribution in [0.1, 0.15) is 31.2 Å². The molecule has 2 heterocycles. The zero-order valence-corrected chi connectivity index (χ0v) is 14.7. The highest BCUT2D eigenvalue weighted by Crippen LogP contribution is 2.17. The monoisotopic (exact) mass is 351 g/mol. The first-order valence-electron chi connectivity index (χ1n) is 8.64. The molecule has 7 heteroatoms. The lowest BCUT2D eigenvalue weighted by molar-refractivity contribution is -0.127. The molecule has 2 saturated heterocycles. The zero-order chi connectivity index (χ0) is 17.0. The standard InChI is InChI=1S/C17H25N3O3S/c21-17-13-16(18-24(22,23)20-11-4-5-12-20)14-19(17)10-6-9-15-7-2-1-3-8-15/h1-3,7-8,16,18H,4-6,9-14H2/t16-/m0/s1. The van der Waals surface area contributed by atoms with Crippen molar-refractivity contribution in [2.45, 2.75) is 38.1 Å². The van der Waals surface area contributed by atoms with Crippen molar-refractivity contribution >= 4 is 16.1 Å². The van der Waals surface area contributed by atoms with Gasteiger partial charge in [-0.1, -0.05) is 30.3 Å². The Balaban J connectivity index is 1.47. The lowest BCUT2D eigenvalue weighted by Gasteiger charge is -2.20. The van der Waals surface area contributed by atoms with E-state index in [1.54, 1.807) is 4.90 Å². The lowest BCUT2D eigenvalue weighted by atomic mass is 10.1. The molecule has 1 aromatic rings. The number of hydrogen-bond acceptors (Lipinski definition) is 3. The Labute approximate surface area is 144 Å². The molecule has 0 saturated carbocycles. The SMILES string of the molecule is O=C1C[C@H](NS(=O)(=O)N2CCCC2)CN1CCCc1ccccc1. The molecule has 6 nitrogen and oxygen atoms in total. The summed E-state index contributed by atoms with van der Waals surface area (Å²) in [5.74, 6) is 0.0391. The first kappa shape index (κ1) is 17.4. The van der Waals surface area contributed by atoms with E-state index in [-0.39, 0.29) is 18.4 Å². The van der Waals surface area contributed by atoms with Gasteiger partial charge in [0.1, 0.15) is 0 Å². The highest BCUT2D eigenvalue weighted by atomic mass is 32.2. The van der Waals surface area contributed by atoms with Crippen LogP contribution in [0.5, 0.6) is 0 Å². The molecular formula is C17H25N3O3S. The molecule has 0 aliphatic carbocycles. The summed E-state index contributed by atoms with van der Waals surface area (Å²) in [6, 6.07) is 9.88. The van der Waals surface area contributed by atoms with Crippen molar-refractivity contribution in [1.82, 2.24) is 13.9 Å². The average Bonchev–Trinajstić information content (AvgIpc) is 3.19. The van der Waals surface area contributed by atoms with Crippen LogP contribution in [0.25, 0.3) is 0 Å². The molecule has 1 aromatic carbocycles. The van der Waals surface area contributed by atoms with Gasteiger partial charge in [-0.25, -0.2) is 0 Å². The molecule has 2 aliphatic rings. The number of nitrogens with one attached hydrogen (secondary N) is 1. The zero-order valence-electron chi connectivity index (χ0n) is 13.9. The number of aryl methyl sites for hydroxylation is 1. The topological polar surface area (TPSA) is 69.7 Å². The molecule has 3 rings (SSSR count). The number of carbonyl (C=O) groups is 1. The summed E-state index contributed by atoms with van der Waals surface area (Å²) in [6.45, 7) is 2.31. The van der Waals surface area contributed by atoms with Gasteiger partial charge in [-0.2, -0.15) is 17.4 Å². The summed E-state index contributed by atoms with van der Waals surface area (Å²) in [7, 11) is -3.45. The molecule has 2 aliphatic heterocycles. The predicted octanol–water partition coefficient (Wildman–Crippen LogP) is 1.15. The summed E-state index contributed by atoms with van der Waals surface area (Å²) in [5.41, 5.74) is 1.26. The Morgan fingerprint density at radius 2 is 1.83 bits per heavy atom. The summed E-state index contributed by atoms with van der Waals surface area (Å²) in [6.07, 6.45) is 3.90. The number of carbonyl (C=O) groups excluding carboxylic acids is 1. The molecule has 2 fully saturated rings. The van der Waals surface area contributed by atoms with Gasteiger partial charge in [-0.05, 0) is 31.2 Å². The van der Waals surface area contributed by atoms with Crippen molar-refractivity contribution < 1.29 is 13.2 Å². The second-order valence-electron chi connectivity index (χ2n) is 6.56. The number of benzene rings is 1. The molecule has 132 valence electrons. The molecule has 1 atom stereocenters. The van der Waals surface area contributed by atoms with E-state index in [1.165, 1.54) is 9.87 Å². The van der Waals surface area contributed by atoms with Crippen molar-refractivity contribution in [3.63, 3.8) is 0 Å². The molecule has 0 bridgehead atoms. The fourth-order valence-corrected chi connectivity index (χ4v) is 4.87. The van der Waals surface area contributed by atoms with Gasteiger partial charge in [-0.3, -0.25) is 4.79 Å². The Hall–Kier alpha value is -1.44. The second kappa shape index (κ2) is 7.63. The Bertz CT molecular complexity index is 657. The summed E-state index contributed by atoms with van der Waals surface area (Å²) in [4.78, 5) is 13.9. The minimum Gasteiger partial charge on any atom is -0.341 e. The Kier molecular flexibility index (Phi) is 5.53. The van der Waals surface area contributed by atoms with Crippen molar-refractivity contribution in [2.75, 3.05) is 26.2 Å². The van der Waals surface area contributed by atoms with E-state index in [0.29, 0.717) is 26.2 Å². The maximum absolute atomic E-state index is 12.3. The molecule has 0 aromatic heterocycles. The lowest BCUT2D eigenvalue weighted by Crippen LogP contribution is -2.45. The smallest absolute Gasteiger partial charge is 0.279 e. The van der Waals surface area contributed by atoms with E-state index in [1.807, 2.05) is 18.2 Å². The number of rotatable bonds is 7. The number of amides is 1. The van der Waals surface area contributed by atoms with Crippen LogP contribution in [0.2, 0.25) is 0 Å². The Morgan fingerprint density at radius 3 is 2.54 bits per heavy atom. The van der Waals surface area contributed by atoms with Crippen LogP contribution in [0, 0.1) is 0 Å². The third-order valence-corrected chi connectivity index (χ3v) is 6.35. The third kappa shape index (κ3) is 4.34. The van der Waals surface area contributed by atoms with E-state index in [4.69, 9.17) is 0 Å². The fraction of sp³-hybridized carbons (Fsp3) is 0.588. The molecule has 1 N–H and O–H groups in total. The third-order valence-electron chi connectivity index (χ3n) is 4.67. The van der Waals surface area contributed by atoms with Gasteiger partial charge in [0.2, 0.25) is 5.91 Å². The van der Waals surface area contributed by atoms with E-state index in [0.717, 1.165) is 25.7 Å². The number of nitrogens with zero attached hydrogens (tertiary/aromatic N) is 2. The van der Waals surface area contributed by atoms with Crippen LogP contribution >= 0.6 is 0 Å². The normalized spacial score (nSPS) is 22.4. The average molecular weight is 351 g/mol. The van der Waals surface area contributed by atoms with Crippen LogP contribution in [0.15, 0.2) is 30.3 Å². The van der Waals surface area contributed by atoms with E-state index in [9.17, 15) is 13.2 Å². The number of likely N-dealkylation sites (tertiary alicyclic amines) is 1. The molecule has 1 amide bonds. The van der Waals surface area contributed by atoms with Gasteiger partial charge >= 0.3 is 0 Å². The van der Waals surface area contributed by atoms with Gasteiger partial charge < -0.3 is 4.90 Å². The first-order chi connectivity index (χ1) is 11.5. The van der Waals surface area contributed by atoms with Crippen molar-refractivity contribution in [3.05, 3.63) is 35.9 Å². The first-order valence-corrected chi connectivity index (χ1v) is 10.1. The quantitative estimate of drug-likeness (QED) is 0.801. The Morgan fingerprint density at radius 1 is 1.12 bits per heavy atom. The van der Waals surface area contributed by atoms with Gasteiger partial charge in [0.25, 0.3) is 10.2 Å². The predicted molar refractivity (Wildman–Crippen MR) is 92.6 cm³/mol. The van der Waals surface area contributed by atoms with E-state index >= 15 is 0 Å². The molecule has 0 spiro atoms. The molecule has 0 radical (unpaired) electrons.